The van der Waals surface area contributed by atoms with Crippen LogP contribution in [0.25, 0.3) is 0 Å². The zero-order valence-corrected chi connectivity index (χ0v) is 16.1. The number of amides is 2. The molecular weight excluding hydrogens is 388 g/mol. The first-order valence-electron chi connectivity index (χ1n) is 8.41. The highest BCUT2D eigenvalue weighted by Gasteiger charge is 2.23. The van der Waals surface area contributed by atoms with Crippen LogP contribution in [0, 0.1) is 6.92 Å². The molecule has 1 N–H and O–H groups in total. The van der Waals surface area contributed by atoms with Crippen molar-refractivity contribution in [2.45, 2.75) is 45.6 Å². The number of nitrogens with one attached hydrogen (secondary N) is 1. The van der Waals surface area contributed by atoms with Gasteiger partial charge in [-0.05, 0) is 60.3 Å². The Hall–Kier alpha value is -1.89. The van der Waals surface area contributed by atoms with Crippen molar-refractivity contribution in [2.24, 2.45) is 0 Å². The molecular formula is C18H23BrN2O4. The van der Waals surface area contributed by atoms with E-state index in [1.165, 1.54) is 11.8 Å². The van der Waals surface area contributed by atoms with E-state index in [9.17, 15) is 14.4 Å². The molecule has 136 valence electrons. The first kappa shape index (κ1) is 19.4. The van der Waals surface area contributed by atoms with Crippen molar-refractivity contribution in [3.05, 3.63) is 28.2 Å². The van der Waals surface area contributed by atoms with Gasteiger partial charge in [0.1, 0.15) is 6.54 Å². The number of ether oxygens (including phenoxy) is 1. The van der Waals surface area contributed by atoms with Crippen LogP contribution in [0.1, 0.15) is 38.2 Å². The van der Waals surface area contributed by atoms with E-state index in [1.54, 1.807) is 6.07 Å². The summed E-state index contributed by atoms with van der Waals surface area (Å²) in [5.41, 5.74) is 1.67. The molecule has 1 aromatic rings. The minimum Gasteiger partial charge on any atom is -0.451 e. The summed E-state index contributed by atoms with van der Waals surface area (Å²) in [4.78, 5) is 37.7. The van der Waals surface area contributed by atoms with E-state index in [-0.39, 0.29) is 12.5 Å². The second kappa shape index (κ2) is 8.99. The summed E-state index contributed by atoms with van der Waals surface area (Å²) < 4.78 is 5.94. The lowest BCUT2D eigenvalue weighted by atomic mass is 10.2. The maximum absolute atomic E-state index is 12.2. The fourth-order valence-corrected chi connectivity index (χ4v) is 3.20. The predicted octanol–water partition coefficient (Wildman–Crippen LogP) is 3.03. The average Bonchev–Trinajstić information content (AvgIpc) is 2.74. The topological polar surface area (TPSA) is 75.7 Å². The molecule has 1 aliphatic heterocycles. The van der Waals surface area contributed by atoms with E-state index in [4.69, 9.17) is 4.74 Å². The van der Waals surface area contributed by atoms with Gasteiger partial charge in [0.2, 0.25) is 5.91 Å². The molecule has 25 heavy (non-hydrogen) atoms. The highest BCUT2D eigenvalue weighted by Crippen LogP contribution is 2.23. The molecule has 1 aliphatic rings. The minimum absolute atomic E-state index is 0.0323. The summed E-state index contributed by atoms with van der Waals surface area (Å²) in [6, 6.07) is 5.54. The molecule has 1 aromatic carbocycles. The third kappa shape index (κ3) is 5.85. The number of aryl methyl sites for hydroxylation is 1. The van der Waals surface area contributed by atoms with E-state index < -0.39 is 18.0 Å². The lowest BCUT2D eigenvalue weighted by molar-refractivity contribution is -0.156. The highest BCUT2D eigenvalue weighted by atomic mass is 79.9. The number of hydrogen-bond acceptors (Lipinski definition) is 4. The SMILES string of the molecule is Cc1ccc(NC(=O)[C@@H](C)OC(=O)CN2CCCCCC2=O)c(Br)c1. The van der Waals surface area contributed by atoms with E-state index >= 15 is 0 Å². The van der Waals surface area contributed by atoms with Gasteiger partial charge in [0.05, 0.1) is 5.69 Å². The molecule has 2 rings (SSSR count). The molecule has 0 saturated carbocycles. The van der Waals surface area contributed by atoms with Gasteiger partial charge in [-0.25, -0.2) is 0 Å². The summed E-state index contributed by atoms with van der Waals surface area (Å²) in [5.74, 6) is -1.02. The summed E-state index contributed by atoms with van der Waals surface area (Å²) in [6.07, 6.45) is 2.25. The molecule has 0 spiro atoms. The second-order valence-electron chi connectivity index (χ2n) is 6.23. The van der Waals surface area contributed by atoms with Crippen molar-refractivity contribution in [1.29, 1.82) is 0 Å². The van der Waals surface area contributed by atoms with Crippen molar-refractivity contribution in [2.75, 3.05) is 18.4 Å². The van der Waals surface area contributed by atoms with Crippen LogP contribution < -0.4 is 5.32 Å². The van der Waals surface area contributed by atoms with Crippen LogP contribution in [0.3, 0.4) is 0 Å². The highest BCUT2D eigenvalue weighted by molar-refractivity contribution is 9.10. The first-order chi connectivity index (χ1) is 11.9. The van der Waals surface area contributed by atoms with Gasteiger partial charge in [0.25, 0.3) is 5.91 Å². The van der Waals surface area contributed by atoms with Gasteiger partial charge >= 0.3 is 5.97 Å². The number of rotatable bonds is 5. The number of likely N-dealkylation sites (tertiary alicyclic amines) is 1. The predicted molar refractivity (Wildman–Crippen MR) is 98.1 cm³/mol. The fourth-order valence-electron chi connectivity index (χ4n) is 2.61. The molecule has 1 atom stereocenters. The van der Waals surface area contributed by atoms with Crippen LogP contribution in [0.2, 0.25) is 0 Å². The Kier molecular flexibility index (Phi) is 6.99. The van der Waals surface area contributed by atoms with E-state index in [0.29, 0.717) is 18.7 Å². The molecule has 0 aromatic heterocycles. The maximum atomic E-state index is 12.2. The molecule has 1 saturated heterocycles. The van der Waals surface area contributed by atoms with Crippen molar-refractivity contribution in [1.82, 2.24) is 4.90 Å². The Balaban J connectivity index is 1.87. The van der Waals surface area contributed by atoms with E-state index in [0.717, 1.165) is 29.3 Å². The molecule has 6 nitrogen and oxygen atoms in total. The van der Waals surface area contributed by atoms with Gasteiger partial charge in [-0.2, -0.15) is 0 Å². The normalized spacial score (nSPS) is 16.1. The van der Waals surface area contributed by atoms with Crippen molar-refractivity contribution in [3.8, 4) is 0 Å². The summed E-state index contributed by atoms with van der Waals surface area (Å²) >= 11 is 3.39. The van der Waals surface area contributed by atoms with Crippen molar-refractivity contribution < 1.29 is 19.1 Å². The van der Waals surface area contributed by atoms with Crippen molar-refractivity contribution in [3.63, 3.8) is 0 Å². The number of carbonyl (C=O) groups is 3. The zero-order chi connectivity index (χ0) is 18.4. The van der Waals surface area contributed by atoms with Crippen LogP contribution in [-0.2, 0) is 19.1 Å². The quantitative estimate of drug-likeness (QED) is 0.756. The zero-order valence-electron chi connectivity index (χ0n) is 14.5. The number of halogens is 1. The molecule has 0 radical (unpaired) electrons. The van der Waals surface area contributed by atoms with E-state index in [2.05, 4.69) is 21.2 Å². The number of anilines is 1. The van der Waals surface area contributed by atoms with Crippen LogP contribution in [0.4, 0.5) is 5.69 Å². The third-order valence-corrected chi connectivity index (χ3v) is 4.71. The number of esters is 1. The number of nitrogens with zero attached hydrogens (tertiary/aromatic N) is 1. The van der Waals surface area contributed by atoms with Crippen molar-refractivity contribution >= 4 is 39.4 Å². The number of hydrogen-bond donors (Lipinski definition) is 1. The van der Waals surface area contributed by atoms with Gasteiger partial charge in [-0.3, -0.25) is 14.4 Å². The fraction of sp³-hybridized carbons (Fsp3) is 0.500. The molecule has 0 aliphatic carbocycles. The lowest BCUT2D eigenvalue weighted by Crippen LogP contribution is -2.38. The number of carbonyl (C=O) groups excluding carboxylic acids is 3. The second-order valence-corrected chi connectivity index (χ2v) is 7.08. The van der Waals surface area contributed by atoms with Gasteiger partial charge in [0.15, 0.2) is 6.10 Å². The Labute approximate surface area is 156 Å². The van der Waals surface area contributed by atoms with Crippen LogP contribution in [0.15, 0.2) is 22.7 Å². The van der Waals surface area contributed by atoms with E-state index in [1.807, 2.05) is 19.1 Å². The average molecular weight is 411 g/mol. The summed E-state index contributed by atoms with van der Waals surface area (Å²) in [5, 5.41) is 2.72. The molecule has 1 fully saturated rings. The molecule has 2 amide bonds. The largest absolute Gasteiger partial charge is 0.451 e. The van der Waals surface area contributed by atoms with Gasteiger partial charge in [-0.15, -0.1) is 0 Å². The van der Waals surface area contributed by atoms with Gasteiger partial charge < -0.3 is 15.0 Å². The van der Waals surface area contributed by atoms with Crippen LogP contribution in [-0.4, -0.2) is 41.9 Å². The van der Waals surface area contributed by atoms with Gasteiger partial charge in [-0.1, -0.05) is 12.5 Å². The van der Waals surface area contributed by atoms with Crippen LogP contribution >= 0.6 is 15.9 Å². The Morgan fingerprint density at radius 3 is 2.80 bits per heavy atom. The number of benzene rings is 1. The Bertz CT molecular complexity index is 662. The Morgan fingerprint density at radius 1 is 1.32 bits per heavy atom. The van der Waals surface area contributed by atoms with Crippen LogP contribution in [0.5, 0.6) is 0 Å². The third-order valence-electron chi connectivity index (χ3n) is 4.05. The molecule has 7 heteroatoms. The lowest BCUT2D eigenvalue weighted by Gasteiger charge is -2.21. The summed E-state index contributed by atoms with van der Waals surface area (Å²) in [7, 11) is 0. The maximum Gasteiger partial charge on any atom is 0.326 e. The molecule has 0 unspecified atom stereocenters. The molecule has 1 heterocycles. The monoisotopic (exact) mass is 410 g/mol. The smallest absolute Gasteiger partial charge is 0.326 e. The van der Waals surface area contributed by atoms with Gasteiger partial charge in [0, 0.05) is 17.4 Å². The minimum atomic E-state index is -0.942. The molecule has 0 bridgehead atoms. The standard InChI is InChI=1S/C18H23BrN2O4/c1-12-7-8-15(14(19)10-12)20-18(24)13(2)25-17(23)11-21-9-5-3-4-6-16(21)22/h7-8,10,13H,3-6,9,11H2,1-2H3,(H,20,24)/t13-/m1/s1. The first-order valence-corrected chi connectivity index (χ1v) is 9.20. The summed E-state index contributed by atoms with van der Waals surface area (Å²) in [6.45, 7) is 3.92. The Morgan fingerprint density at radius 2 is 2.08 bits per heavy atom.